The summed E-state index contributed by atoms with van der Waals surface area (Å²) in [7, 11) is 2.00. The minimum Gasteiger partial charge on any atom is -0.341 e. The Morgan fingerprint density at radius 1 is 1.12 bits per heavy atom. The van der Waals surface area contributed by atoms with Gasteiger partial charge in [-0.3, -0.25) is 14.7 Å². The Labute approximate surface area is 143 Å². The maximum absolute atomic E-state index is 12.2. The number of carbonyl (C=O) groups excluding carboxylic acids is 1. The van der Waals surface area contributed by atoms with E-state index in [1.54, 1.807) is 0 Å². The third-order valence-electron chi connectivity index (χ3n) is 5.77. The molecule has 3 heterocycles. The highest BCUT2D eigenvalue weighted by molar-refractivity contribution is 5.81. The van der Waals surface area contributed by atoms with Gasteiger partial charge in [0.2, 0.25) is 5.91 Å². The largest absolute Gasteiger partial charge is 0.341 e. The Morgan fingerprint density at radius 3 is 2.92 bits per heavy atom. The maximum Gasteiger partial charge on any atom is 0.222 e. The summed E-state index contributed by atoms with van der Waals surface area (Å²) in [6.45, 7) is 2.02. The lowest BCUT2D eigenvalue weighted by atomic mass is 9.97. The summed E-state index contributed by atoms with van der Waals surface area (Å²) in [5.74, 6) is 0.320. The SMILES string of the molecule is CN1C(=O)CCCC[C@@H]2[C@@H]1CCN2Cc1ccnc2ccccc12. The Hall–Kier alpha value is -1.94. The van der Waals surface area contributed by atoms with Gasteiger partial charge in [-0.1, -0.05) is 24.6 Å². The zero-order chi connectivity index (χ0) is 16.5. The Kier molecular flexibility index (Phi) is 4.23. The number of pyridine rings is 1. The van der Waals surface area contributed by atoms with Gasteiger partial charge < -0.3 is 4.90 Å². The lowest BCUT2D eigenvalue weighted by molar-refractivity contribution is -0.133. The summed E-state index contributed by atoms with van der Waals surface area (Å²) < 4.78 is 0. The van der Waals surface area contributed by atoms with Gasteiger partial charge >= 0.3 is 0 Å². The van der Waals surface area contributed by atoms with Crippen molar-refractivity contribution < 1.29 is 4.79 Å². The summed E-state index contributed by atoms with van der Waals surface area (Å²) in [5, 5.41) is 1.25. The van der Waals surface area contributed by atoms with Crippen LogP contribution in [0.1, 0.15) is 37.7 Å². The molecule has 1 aromatic carbocycles. The number of likely N-dealkylation sites (tertiary alicyclic amines) is 2. The number of rotatable bonds is 2. The van der Waals surface area contributed by atoms with Crippen LogP contribution < -0.4 is 0 Å². The highest BCUT2D eigenvalue weighted by Crippen LogP contribution is 2.31. The van der Waals surface area contributed by atoms with E-state index in [0.29, 0.717) is 24.4 Å². The molecule has 2 aliphatic heterocycles. The molecule has 0 N–H and O–H groups in total. The first kappa shape index (κ1) is 15.6. The number of para-hydroxylation sites is 1. The fraction of sp³-hybridized carbons (Fsp3) is 0.500. The minimum absolute atomic E-state index is 0.320. The second kappa shape index (κ2) is 6.52. The normalized spacial score (nSPS) is 25.5. The molecule has 0 spiro atoms. The van der Waals surface area contributed by atoms with Gasteiger partial charge in [-0.2, -0.15) is 0 Å². The molecule has 2 atom stereocenters. The number of amides is 1. The van der Waals surface area contributed by atoms with Crippen molar-refractivity contribution in [3.8, 4) is 0 Å². The second-order valence-corrected chi connectivity index (χ2v) is 7.13. The Balaban J connectivity index is 1.59. The van der Waals surface area contributed by atoms with Crippen molar-refractivity contribution >= 4 is 16.8 Å². The standard InChI is InChI=1S/C20H25N3O/c1-22-18-11-13-23(19(18)8-4-5-9-20(22)24)14-15-10-12-21-17-7-3-2-6-16(15)17/h2-3,6-7,10,12,18-19H,4-5,8-9,11,13-14H2,1H3/t18-,19+/m0/s1. The number of carbonyl (C=O) groups is 1. The third-order valence-corrected chi connectivity index (χ3v) is 5.77. The van der Waals surface area contributed by atoms with Gasteiger partial charge in [0.15, 0.2) is 0 Å². The van der Waals surface area contributed by atoms with Crippen molar-refractivity contribution in [3.05, 3.63) is 42.1 Å². The van der Waals surface area contributed by atoms with E-state index in [4.69, 9.17) is 0 Å². The number of fused-ring (bicyclic) bond motifs is 2. The van der Waals surface area contributed by atoms with Gasteiger partial charge in [0.25, 0.3) is 0 Å². The van der Waals surface area contributed by atoms with Crippen LogP contribution in [0, 0.1) is 0 Å². The van der Waals surface area contributed by atoms with Gasteiger partial charge in [-0.15, -0.1) is 0 Å². The van der Waals surface area contributed by atoms with Crippen LogP contribution in [0.4, 0.5) is 0 Å². The van der Waals surface area contributed by atoms with Crippen molar-refractivity contribution in [1.82, 2.24) is 14.8 Å². The maximum atomic E-state index is 12.2. The summed E-state index contributed by atoms with van der Waals surface area (Å²) in [5.41, 5.74) is 2.41. The molecule has 0 saturated carbocycles. The molecule has 1 amide bonds. The fourth-order valence-corrected chi connectivity index (χ4v) is 4.43. The molecule has 4 nitrogen and oxygen atoms in total. The Morgan fingerprint density at radius 2 is 2.00 bits per heavy atom. The molecule has 2 saturated heterocycles. The Bertz CT molecular complexity index is 739. The van der Waals surface area contributed by atoms with Crippen LogP contribution in [0.3, 0.4) is 0 Å². The fourth-order valence-electron chi connectivity index (χ4n) is 4.43. The molecule has 24 heavy (non-hydrogen) atoms. The molecule has 0 bridgehead atoms. The predicted octanol–water partition coefficient (Wildman–Crippen LogP) is 3.21. The molecule has 0 unspecified atom stereocenters. The first-order valence-electron chi connectivity index (χ1n) is 9.06. The molecule has 2 aliphatic rings. The van der Waals surface area contributed by atoms with Gasteiger partial charge in [0.1, 0.15) is 0 Å². The third kappa shape index (κ3) is 2.80. The van der Waals surface area contributed by atoms with E-state index < -0.39 is 0 Å². The number of hydrogen-bond acceptors (Lipinski definition) is 3. The summed E-state index contributed by atoms with van der Waals surface area (Å²) in [6.07, 6.45) is 7.11. The quantitative estimate of drug-likeness (QED) is 0.851. The second-order valence-electron chi connectivity index (χ2n) is 7.13. The van der Waals surface area contributed by atoms with E-state index in [-0.39, 0.29) is 0 Å². The first-order valence-corrected chi connectivity index (χ1v) is 9.06. The molecule has 0 aliphatic carbocycles. The minimum atomic E-state index is 0.320. The van der Waals surface area contributed by atoms with Gasteiger partial charge in [-0.05, 0) is 37.0 Å². The number of benzene rings is 1. The number of nitrogens with zero attached hydrogens (tertiary/aromatic N) is 3. The first-order chi connectivity index (χ1) is 11.7. The molecule has 2 aromatic rings. The topological polar surface area (TPSA) is 36.4 Å². The lowest BCUT2D eigenvalue weighted by Crippen LogP contribution is -2.46. The van der Waals surface area contributed by atoms with Gasteiger partial charge in [0, 0.05) is 50.2 Å². The van der Waals surface area contributed by atoms with Crippen LogP contribution in [0.5, 0.6) is 0 Å². The zero-order valence-electron chi connectivity index (χ0n) is 14.3. The van der Waals surface area contributed by atoms with E-state index >= 15 is 0 Å². The molecule has 4 rings (SSSR count). The van der Waals surface area contributed by atoms with E-state index in [0.717, 1.165) is 37.9 Å². The van der Waals surface area contributed by atoms with Crippen molar-refractivity contribution in [2.45, 2.75) is 50.7 Å². The van der Waals surface area contributed by atoms with Crippen molar-refractivity contribution in [3.63, 3.8) is 0 Å². The summed E-state index contributed by atoms with van der Waals surface area (Å²) in [6, 6.07) is 11.4. The van der Waals surface area contributed by atoms with Gasteiger partial charge in [-0.25, -0.2) is 0 Å². The predicted molar refractivity (Wildman–Crippen MR) is 95.6 cm³/mol. The highest BCUT2D eigenvalue weighted by atomic mass is 16.2. The van der Waals surface area contributed by atoms with Crippen molar-refractivity contribution in [1.29, 1.82) is 0 Å². The average Bonchev–Trinajstić information content (AvgIpc) is 2.99. The van der Waals surface area contributed by atoms with E-state index in [9.17, 15) is 4.79 Å². The highest BCUT2D eigenvalue weighted by Gasteiger charge is 2.38. The summed E-state index contributed by atoms with van der Waals surface area (Å²) >= 11 is 0. The van der Waals surface area contributed by atoms with Crippen molar-refractivity contribution in [2.75, 3.05) is 13.6 Å². The van der Waals surface area contributed by atoms with Crippen LogP contribution in [0.2, 0.25) is 0 Å². The van der Waals surface area contributed by atoms with Crippen LogP contribution >= 0.6 is 0 Å². The molecule has 1 aromatic heterocycles. The van der Waals surface area contributed by atoms with Crippen LogP contribution in [0.15, 0.2) is 36.5 Å². The number of aromatic nitrogens is 1. The smallest absolute Gasteiger partial charge is 0.222 e. The monoisotopic (exact) mass is 323 g/mol. The van der Waals surface area contributed by atoms with Gasteiger partial charge in [0.05, 0.1) is 5.52 Å². The van der Waals surface area contributed by atoms with E-state index in [1.165, 1.54) is 17.4 Å². The molecule has 126 valence electrons. The molecule has 4 heteroatoms. The molecular formula is C20H25N3O. The molecular weight excluding hydrogens is 298 g/mol. The number of hydrogen-bond donors (Lipinski definition) is 0. The average molecular weight is 323 g/mol. The van der Waals surface area contributed by atoms with Crippen LogP contribution in [-0.2, 0) is 11.3 Å². The van der Waals surface area contributed by atoms with E-state index in [1.807, 2.05) is 24.2 Å². The van der Waals surface area contributed by atoms with Crippen LogP contribution in [-0.4, -0.2) is 46.4 Å². The van der Waals surface area contributed by atoms with Crippen molar-refractivity contribution in [2.24, 2.45) is 0 Å². The number of likely N-dealkylation sites (N-methyl/N-ethyl adjacent to an activating group) is 1. The lowest BCUT2D eigenvalue weighted by Gasteiger charge is -2.35. The van der Waals surface area contributed by atoms with Crippen LogP contribution in [0.25, 0.3) is 10.9 Å². The molecule has 0 radical (unpaired) electrons. The summed E-state index contributed by atoms with van der Waals surface area (Å²) in [4.78, 5) is 21.3. The molecule has 2 fully saturated rings. The van der Waals surface area contributed by atoms with E-state index in [2.05, 4.69) is 34.1 Å². The zero-order valence-corrected chi connectivity index (χ0v) is 14.3.